The van der Waals surface area contributed by atoms with Gasteiger partial charge in [0.1, 0.15) is 5.76 Å². The highest BCUT2D eigenvalue weighted by Crippen LogP contribution is 2.19. The van der Waals surface area contributed by atoms with Crippen LogP contribution in [0, 0.1) is 0 Å². The third-order valence-electron chi connectivity index (χ3n) is 1.97. The van der Waals surface area contributed by atoms with Crippen molar-refractivity contribution in [2.45, 2.75) is 13.3 Å². The summed E-state index contributed by atoms with van der Waals surface area (Å²) in [5, 5.41) is 10.6. The highest BCUT2D eigenvalue weighted by Gasteiger charge is 2.14. The molecule has 2 rings (SSSR count). The fourth-order valence-electron chi connectivity index (χ4n) is 1.27. The molecule has 0 spiro atoms. The predicted molar refractivity (Wildman–Crippen MR) is 60.4 cm³/mol. The number of amides is 1. The van der Waals surface area contributed by atoms with Crippen molar-refractivity contribution in [3.05, 3.63) is 23.7 Å². The van der Waals surface area contributed by atoms with Crippen molar-refractivity contribution in [2.24, 2.45) is 0 Å². The number of nitrogens with one attached hydrogen (secondary N) is 1. The molecule has 2 aromatic heterocycles. The van der Waals surface area contributed by atoms with E-state index in [0.717, 1.165) is 11.3 Å². The summed E-state index contributed by atoms with van der Waals surface area (Å²) in [5.41, 5.74) is 5.91. The zero-order chi connectivity index (χ0) is 11.5. The molecule has 0 saturated heterocycles. The first kappa shape index (κ1) is 10.6. The number of rotatable bonds is 3. The SMILES string of the molecule is CCc1occc1C(=O)Nc1nnc(N)s1. The molecule has 0 unspecified atom stereocenters. The molecule has 84 valence electrons. The second kappa shape index (κ2) is 4.31. The smallest absolute Gasteiger partial charge is 0.261 e. The van der Waals surface area contributed by atoms with Gasteiger partial charge in [-0.1, -0.05) is 18.3 Å². The maximum atomic E-state index is 11.8. The van der Waals surface area contributed by atoms with Crippen LogP contribution in [0.4, 0.5) is 10.3 Å². The van der Waals surface area contributed by atoms with Gasteiger partial charge in [0.2, 0.25) is 10.3 Å². The molecular formula is C9H10N4O2S. The average molecular weight is 238 g/mol. The lowest BCUT2D eigenvalue weighted by atomic mass is 10.2. The fourth-order valence-corrected chi connectivity index (χ4v) is 1.77. The number of anilines is 2. The molecule has 0 aliphatic carbocycles. The van der Waals surface area contributed by atoms with Gasteiger partial charge in [0.25, 0.3) is 5.91 Å². The van der Waals surface area contributed by atoms with E-state index in [1.807, 2.05) is 6.92 Å². The van der Waals surface area contributed by atoms with Gasteiger partial charge in [0.05, 0.1) is 11.8 Å². The summed E-state index contributed by atoms with van der Waals surface area (Å²) in [6.45, 7) is 1.92. The standard InChI is InChI=1S/C9H10N4O2S/c1-2-6-5(3-4-15-6)7(14)11-9-13-12-8(10)16-9/h3-4H,2H2,1H3,(H2,10,12)(H,11,13,14). The minimum Gasteiger partial charge on any atom is -0.469 e. The van der Waals surface area contributed by atoms with E-state index in [1.165, 1.54) is 6.26 Å². The number of nitrogens with zero attached hydrogens (tertiary/aromatic N) is 2. The van der Waals surface area contributed by atoms with Crippen molar-refractivity contribution in [1.82, 2.24) is 10.2 Å². The van der Waals surface area contributed by atoms with Crippen LogP contribution in [0.25, 0.3) is 0 Å². The van der Waals surface area contributed by atoms with Gasteiger partial charge in [-0.2, -0.15) is 0 Å². The van der Waals surface area contributed by atoms with Gasteiger partial charge in [0, 0.05) is 6.42 Å². The number of hydrogen-bond acceptors (Lipinski definition) is 6. The zero-order valence-electron chi connectivity index (χ0n) is 8.56. The number of furan rings is 1. The number of aromatic nitrogens is 2. The van der Waals surface area contributed by atoms with E-state index in [0.29, 0.717) is 28.0 Å². The Labute approximate surface area is 95.5 Å². The van der Waals surface area contributed by atoms with Crippen LogP contribution in [0.1, 0.15) is 23.0 Å². The monoisotopic (exact) mass is 238 g/mol. The van der Waals surface area contributed by atoms with E-state index in [4.69, 9.17) is 10.2 Å². The van der Waals surface area contributed by atoms with Crippen LogP contribution in [-0.4, -0.2) is 16.1 Å². The van der Waals surface area contributed by atoms with Crippen LogP contribution < -0.4 is 11.1 Å². The van der Waals surface area contributed by atoms with Gasteiger partial charge in [0.15, 0.2) is 0 Å². The summed E-state index contributed by atoms with van der Waals surface area (Å²) in [5.74, 6) is 0.386. The maximum absolute atomic E-state index is 11.8. The lowest BCUT2D eigenvalue weighted by molar-refractivity contribution is 0.102. The minimum absolute atomic E-state index is 0.262. The van der Waals surface area contributed by atoms with Gasteiger partial charge in [-0.15, -0.1) is 10.2 Å². The molecule has 0 aliphatic heterocycles. The second-order valence-corrected chi connectivity index (χ2v) is 4.02. The summed E-state index contributed by atoms with van der Waals surface area (Å²) in [7, 11) is 0. The Morgan fingerprint density at radius 3 is 3.06 bits per heavy atom. The minimum atomic E-state index is -0.262. The van der Waals surface area contributed by atoms with Gasteiger partial charge in [-0.25, -0.2) is 0 Å². The average Bonchev–Trinajstić information content (AvgIpc) is 2.86. The van der Waals surface area contributed by atoms with Crippen molar-refractivity contribution in [3.8, 4) is 0 Å². The predicted octanol–water partition coefficient (Wildman–Crippen LogP) is 1.53. The Kier molecular flexibility index (Phi) is 2.86. The summed E-state index contributed by atoms with van der Waals surface area (Å²) in [6.07, 6.45) is 2.15. The number of nitrogen functional groups attached to an aromatic ring is 1. The van der Waals surface area contributed by atoms with Crippen LogP contribution in [0.2, 0.25) is 0 Å². The highest BCUT2D eigenvalue weighted by molar-refractivity contribution is 7.19. The van der Waals surface area contributed by atoms with E-state index in [2.05, 4.69) is 15.5 Å². The third kappa shape index (κ3) is 2.03. The molecule has 0 bridgehead atoms. The number of aryl methyl sites for hydroxylation is 1. The Hall–Kier alpha value is -1.89. The van der Waals surface area contributed by atoms with E-state index < -0.39 is 0 Å². The molecule has 0 radical (unpaired) electrons. The summed E-state index contributed by atoms with van der Waals surface area (Å²) in [6, 6.07) is 1.62. The molecule has 0 atom stereocenters. The first-order valence-electron chi connectivity index (χ1n) is 4.67. The van der Waals surface area contributed by atoms with Gasteiger partial charge in [-0.05, 0) is 6.07 Å². The molecule has 0 aliphatic rings. The van der Waals surface area contributed by atoms with Crippen LogP contribution >= 0.6 is 11.3 Å². The Morgan fingerprint density at radius 2 is 2.44 bits per heavy atom. The summed E-state index contributed by atoms with van der Waals surface area (Å²) < 4.78 is 5.16. The van der Waals surface area contributed by atoms with E-state index in [9.17, 15) is 4.79 Å². The Balaban J connectivity index is 2.14. The second-order valence-electron chi connectivity index (χ2n) is 3.01. The quantitative estimate of drug-likeness (QED) is 0.845. The Bertz CT molecular complexity index is 505. The highest BCUT2D eigenvalue weighted by atomic mass is 32.1. The number of carbonyl (C=O) groups is 1. The maximum Gasteiger partial charge on any atom is 0.261 e. The molecule has 6 nitrogen and oxygen atoms in total. The zero-order valence-corrected chi connectivity index (χ0v) is 9.37. The molecule has 1 amide bonds. The molecule has 3 N–H and O–H groups in total. The van der Waals surface area contributed by atoms with Crippen molar-refractivity contribution in [3.63, 3.8) is 0 Å². The van der Waals surface area contributed by atoms with Gasteiger partial charge >= 0.3 is 0 Å². The first-order chi connectivity index (χ1) is 7.70. The topological polar surface area (TPSA) is 94.0 Å². The lowest BCUT2D eigenvalue weighted by Crippen LogP contribution is -2.12. The van der Waals surface area contributed by atoms with Crippen molar-refractivity contribution < 1.29 is 9.21 Å². The van der Waals surface area contributed by atoms with Crippen LogP contribution in [0.5, 0.6) is 0 Å². The summed E-state index contributed by atoms with van der Waals surface area (Å²) in [4.78, 5) is 11.8. The lowest BCUT2D eigenvalue weighted by Gasteiger charge is -1.99. The van der Waals surface area contributed by atoms with Crippen LogP contribution in [-0.2, 0) is 6.42 Å². The molecule has 0 saturated carbocycles. The van der Waals surface area contributed by atoms with E-state index >= 15 is 0 Å². The number of hydrogen-bond donors (Lipinski definition) is 2. The largest absolute Gasteiger partial charge is 0.469 e. The Morgan fingerprint density at radius 1 is 1.62 bits per heavy atom. The first-order valence-corrected chi connectivity index (χ1v) is 5.49. The molecule has 0 aromatic carbocycles. The van der Waals surface area contributed by atoms with Crippen molar-refractivity contribution in [1.29, 1.82) is 0 Å². The van der Waals surface area contributed by atoms with Crippen molar-refractivity contribution in [2.75, 3.05) is 11.1 Å². The van der Waals surface area contributed by atoms with E-state index in [1.54, 1.807) is 6.07 Å². The van der Waals surface area contributed by atoms with E-state index in [-0.39, 0.29) is 5.91 Å². The molecule has 2 aromatic rings. The molecule has 16 heavy (non-hydrogen) atoms. The molecular weight excluding hydrogens is 228 g/mol. The molecule has 2 heterocycles. The number of nitrogens with two attached hydrogens (primary N) is 1. The van der Waals surface area contributed by atoms with Gasteiger partial charge < -0.3 is 10.2 Å². The van der Waals surface area contributed by atoms with Crippen LogP contribution in [0.15, 0.2) is 16.7 Å². The third-order valence-corrected chi connectivity index (χ3v) is 2.64. The van der Waals surface area contributed by atoms with Crippen molar-refractivity contribution >= 4 is 27.5 Å². The van der Waals surface area contributed by atoms with Crippen LogP contribution in [0.3, 0.4) is 0 Å². The number of carbonyl (C=O) groups excluding carboxylic acids is 1. The van der Waals surface area contributed by atoms with Gasteiger partial charge in [-0.3, -0.25) is 10.1 Å². The molecule has 0 fully saturated rings. The fraction of sp³-hybridized carbons (Fsp3) is 0.222. The summed E-state index contributed by atoms with van der Waals surface area (Å²) >= 11 is 1.12. The normalized spacial score (nSPS) is 10.3. The molecule has 7 heteroatoms.